The number of halogens is 1. The lowest BCUT2D eigenvalue weighted by molar-refractivity contribution is -0.400. The maximum absolute atomic E-state index is 10.3. The second-order valence-electron chi connectivity index (χ2n) is 3.62. The van der Waals surface area contributed by atoms with Crippen molar-refractivity contribution in [1.29, 1.82) is 0 Å². The topological polar surface area (TPSA) is 56.0 Å². The van der Waals surface area contributed by atoms with Crippen LogP contribution >= 0.6 is 11.6 Å². The summed E-state index contributed by atoms with van der Waals surface area (Å²) in [5, 5.41) is 11.4. The van der Waals surface area contributed by atoms with Gasteiger partial charge in [0.2, 0.25) is 6.20 Å². The van der Waals surface area contributed by atoms with E-state index in [2.05, 4.69) is 4.98 Å². The lowest BCUT2D eigenvalue weighted by atomic mass is 10.1. The summed E-state index contributed by atoms with van der Waals surface area (Å²) in [6.45, 7) is 1.94. The molecule has 0 bridgehead atoms. The Balaban J connectivity index is 2.60. The van der Waals surface area contributed by atoms with Crippen molar-refractivity contribution < 1.29 is 4.92 Å². The van der Waals surface area contributed by atoms with Crippen molar-refractivity contribution in [3.05, 3.63) is 56.9 Å². The van der Waals surface area contributed by atoms with Crippen molar-refractivity contribution in [2.75, 3.05) is 0 Å². The lowest BCUT2D eigenvalue weighted by Gasteiger charge is -2.03. The van der Waals surface area contributed by atoms with Crippen molar-refractivity contribution in [2.24, 2.45) is 0 Å². The van der Waals surface area contributed by atoms with Crippen LogP contribution < -0.4 is 0 Å². The zero-order chi connectivity index (χ0) is 12.4. The molecule has 1 aromatic carbocycles. The number of aryl methyl sites for hydroxylation is 1. The summed E-state index contributed by atoms with van der Waals surface area (Å²) in [5.74, 6) is 0. The molecular formula is C12H9ClN2O2. The van der Waals surface area contributed by atoms with Crippen LogP contribution in [0.3, 0.4) is 0 Å². The van der Waals surface area contributed by atoms with E-state index >= 15 is 0 Å². The molecule has 1 heterocycles. The molecule has 5 heteroatoms. The average molecular weight is 249 g/mol. The van der Waals surface area contributed by atoms with Gasteiger partial charge >= 0.3 is 0 Å². The first-order valence-corrected chi connectivity index (χ1v) is 5.33. The largest absolute Gasteiger partial charge is 0.259 e. The Hall–Kier alpha value is -1.94. The molecule has 0 unspecified atom stereocenters. The van der Waals surface area contributed by atoms with Crippen LogP contribution in [-0.2, 0) is 0 Å². The smallest absolute Gasteiger partial charge is 0.235 e. The highest BCUT2D eigenvalue weighted by atomic mass is 35.5. The van der Waals surface area contributed by atoms with E-state index in [4.69, 9.17) is 11.6 Å². The van der Waals surface area contributed by atoms with Gasteiger partial charge in [-0.2, -0.15) is 0 Å². The highest BCUT2D eigenvalue weighted by molar-refractivity contribution is 6.31. The van der Waals surface area contributed by atoms with Gasteiger partial charge in [-0.3, -0.25) is 10.1 Å². The van der Waals surface area contributed by atoms with Crippen LogP contribution in [0.25, 0.3) is 17.0 Å². The molecule has 0 radical (unpaired) electrons. The van der Waals surface area contributed by atoms with E-state index in [9.17, 15) is 10.1 Å². The maximum atomic E-state index is 10.3. The molecule has 17 heavy (non-hydrogen) atoms. The Morgan fingerprint density at radius 2 is 2.24 bits per heavy atom. The molecular weight excluding hydrogens is 240 g/mol. The fourth-order valence-electron chi connectivity index (χ4n) is 1.60. The van der Waals surface area contributed by atoms with E-state index in [1.807, 2.05) is 25.1 Å². The first kappa shape index (κ1) is 11.5. The van der Waals surface area contributed by atoms with Gasteiger partial charge in [0.15, 0.2) is 0 Å². The minimum Gasteiger partial charge on any atom is -0.259 e. The number of nitrogens with zero attached hydrogens (tertiary/aromatic N) is 2. The van der Waals surface area contributed by atoms with Gasteiger partial charge in [0.25, 0.3) is 0 Å². The van der Waals surface area contributed by atoms with Crippen molar-refractivity contribution in [3.63, 3.8) is 0 Å². The summed E-state index contributed by atoms with van der Waals surface area (Å²) in [5.41, 5.74) is 2.38. The molecule has 0 fully saturated rings. The number of pyridine rings is 1. The van der Waals surface area contributed by atoms with Crippen LogP contribution in [0.5, 0.6) is 0 Å². The van der Waals surface area contributed by atoms with Crippen LogP contribution in [-0.4, -0.2) is 9.91 Å². The first-order valence-electron chi connectivity index (χ1n) is 4.95. The van der Waals surface area contributed by atoms with Crippen molar-refractivity contribution in [3.8, 4) is 0 Å². The summed E-state index contributed by atoms with van der Waals surface area (Å²) in [4.78, 5) is 14.0. The van der Waals surface area contributed by atoms with Gasteiger partial charge in [-0.05, 0) is 18.6 Å². The standard InChI is InChI=1S/C12H9ClN2O2/c1-8-3-2-4-9-7-10(5-6-15(16)17)12(13)14-11(8)9/h2-7H,1H3/b6-5+. The second-order valence-corrected chi connectivity index (χ2v) is 3.97. The number of fused-ring (bicyclic) bond motifs is 1. The quantitative estimate of drug-likeness (QED) is 0.465. The zero-order valence-electron chi connectivity index (χ0n) is 9.05. The number of rotatable bonds is 2. The van der Waals surface area contributed by atoms with Gasteiger partial charge in [0, 0.05) is 17.0 Å². The molecule has 4 nitrogen and oxygen atoms in total. The molecule has 0 saturated heterocycles. The molecule has 0 amide bonds. The molecule has 0 spiro atoms. The molecule has 0 atom stereocenters. The summed E-state index contributed by atoms with van der Waals surface area (Å²) >= 11 is 5.97. The van der Waals surface area contributed by atoms with E-state index in [1.54, 1.807) is 6.07 Å². The Bertz CT molecular complexity index is 623. The van der Waals surface area contributed by atoms with Crippen LogP contribution in [0.1, 0.15) is 11.1 Å². The number of hydrogen-bond donors (Lipinski definition) is 0. The molecule has 0 saturated carbocycles. The lowest BCUT2D eigenvalue weighted by Crippen LogP contribution is -1.88. The van der Waals surface area contributed by atoms with Gasteiger partial charge in [-0.15, -0.1) is 0 Å². The zero-order valence-corrected chi connectivity index (χ0v) is 9.81. The van der Waals surface area contributed by atoms with E-state index in [0.717, 1.165) is 22.7 Å². The van der Waals surface area contributed by atoms with Gasteiger partial charge in [0.1, 0.15) is 5.15 Å². The fraction of sp³-hybridized carbons (Fsp3) is 0.0833. The average Bonchev–Trinajstić information content (AvgIpc) is 2.28. The van der Waals surface area contributed by atoms with Gasteiger partial charge in [-0.25, -0.2) is 4.98 Å². The molecule has 1 aromatic heterocycles. The highest BCUT2D eigenvalue weighted by Gasteiger charge is 2.05. The highest BCUT2D eigenvalue weighted by Crippen LogP contribution is 2.23. The van der Waals surface area contributed by atoms with Crippen molar-refractivity contribution >= 4 is 28.6 Å². The van der Waals surface area contributed by atoms with Crippen molar-refractivity contribution in [1.82, 2.24) is 4.98 Å². The Kier molecular flexibility index (Phi) is 3.06. The predicted molar refractivity (Wildman–Crippen MR) is 67.5 cm³/mol. The summed E-state index contributed by atoms with van der Waals surface area (Å²) < 4.78 is 0. The number of benzene rings is 1. The molecule has 0 aliphatic carbocycles. The normalized spacial score (nSPS) is 11.2. The summed E-state index contributed by atoms with van der Waals surface area (Å²) in [6.07, 6.45) is 2.20. The van der Waals surface area contributed by atoms with Crippen LogP contribution in [0, 0.1) is 17.0 Å². The molecule has 0 N–H and O–H groups in total. The Labute approximate surface area is 103 Å². The third-order valence-corrected chi connectivity index (χ3v) is 2.71. The molecule has 0 aliphatic heterocycles. The third kappa shape index (κ3) is 2.42. The SMILES string of the molecule is Cc1cccc2cc(/C=C/[N+](=O)[O-])c(Cl)nc12. The van der Waals surface area contributed by atoms with E-state index in [0.29, 0.717) is 5.56 Å². The Morgan fingerprint density at radius 1 is 1.47 bits per heavy atom. The number of para-hydroxylation sites is 1. The maximum Gasteiger partial charge on any atom is 0.235 e. The van der Waals surface area contributed by atoms with Gasteiger partial charge in [-0.1, -0.05) is 29.8 Å². The van der Waals surface area contributed by atoms with Crippen LogP contribution in [0.15, 0.2) is 30.5 Å². The molecule has 2 aromatic rings. The number of aromatic nitrogens is 1. The summed E-state index contributed by atoms with van der Waals surface area (Å²) in [7, 11) is 0. The van der Waals surface area contributed by atoms with Gasteiger partial charge < -0.3 is 0 Å². The number of hydrogen-bond acceptors (Lipinski definition) is 3. The molecule has 0 aliphatic rings. The minimum atomic E-state index is -0.531. The van der Waals surface area contributed by atoms with E-state index in [-0.39, 0.29) is 5.15 Å². The van der Waals surface area contributed by atoms with Crippen molar-refractivity contribution in [2.45, 2.75) is 6.92 Å². The molecule has 2 rings (SSSR count). The van der Waals surface area contributed by atoms with Crippen LogP contribution in [0.2, 0.25) is 5.15 Å². The molecule has 86 valence electrons. The fourth-order valence-corrected chi connectivity index (χ4v) is 1.80. The third-order valence-electron chi connectivity index (χ3n) is 2.40. The van der Waals surface area contributed by atoms with E-state index < -0.39 is 4.92 Å². The monoisotopic (exact) mass is 248 g/mol. The Morgan fingerprint density at radius 3 is 2.94 bits per heavy atom. The van der Waals surface area contributed by atoms with Crippen LogP contribution in [0.4, 0.5) is 0 Å². The minimum absolute atomic E-state index is 0.268. The number of nitro groups is 1. The predicted octanol–water partition coefficient (Wildman–Crippen LogP) is 3.44. The van der Waals surface area contributed by atoms with E-state index in [1.165, 1.54) is 6.08 Å². The summed E-state index contributed by atoms with van der Waals surface area (Å²) in [6, 6.07) is 7.54. The second kappa shape index (κ2) is 4.51. The van der Waals surface area contributed by atoms with Gasteiger partial charge in [0.05, 0.1) is 10.4 Å². The first-order chi connectivity index (χ1) is 8.08.